The molecule has 0 bridgehead atoms. The van der Waals surface area contributed by atoms with Crippen LogP contribution < -0.4 is 16.0 Å². The Morgan fingerprint density at radius 2 is 1.94 bits per heavy atom. The molecular formula is C22H25ClFN7O2. The molecule has 4 rings (SSSR count). The molecule has 1 saturated carbocycles. The summed E-state index contributed by atoms with van der Waals surface area (Å²) < 4.78 is 13.5. The van der Waals surface area contributed by atoms with Gasteiger partial charge in [0.2, 0.25) is 5.95 Å². The normalized spacial score (nSPS) is 18.2. The second-order valence-electron chi connectivity index (χ2n) is 8.05. The van der Waals surface area contributed by atoms with Crippen LogP contribution in [0.2, 0.25) is 5.02 Å². The summed E-state index contributed by atoms with van der Waals surface area (Å²) in [5, 5.41) is 18.7. The van der Waals surface area contributed by atoms with Gasteiger partial charge in [0.15, 0.2) is 5.82 Å². The summed E-state index contributed by atoms with van der Waals surface area (Å²) in [6, 6.07) is 4.99. The van der Waals surface area contributed by atoms with Crippen LogP contribution in [0.15, 0.2) is 30.7 Å². The zero-order valence-electron chi connectivity index (χ0n) is 17.9. The number of rotatable bonds is 9. The van der Waals surface area contributed by atoms with E-state index in [1.54, 1.807) is 12.3 Å². The Bertz CT molecular complexity index is 1130. The molecule has 0 saturated heterocycles. The highest BCUT2D eigenvalue weighted by atomic mass is 35.5. The summed E-state index contributed by atoms with van der Waals surface area (Å²) in [6.45, 7) is 0.720. The largest absolute Gasteiger partial charge is 0.481 e. The van der Waals surface area contributed by atoms with E-state index in [4.69, 9.17) is 16.7 Å². The van der Waals surface area contributed by atoms with Crippen molar-refractivity contribution in [2.24, 2.45) is 0 Å². The fraction of sp³-hybridized carbons (Fsp3) is 0.409. The van der Waals surface area contributed by atoms with Gasteiger partial charge in [0.1, 0.15) is 23.2 Å². The van der Waals surface area contributed by atoms with Crippen LogP contribution in [0, 0.1) is 5.82 Å². The lowest BCUT2D eigenvalue weighted by atomic mass is 9.91. The minimum absolute atomic E-state index is 0.0160. The highest BCUT2D eigenvalue weighted by Gasteiger charge is 2.21. The van der Waals surface area contributed by atoms with Crippen molar-refractivity contribution in [2.45, 2.75) is 50.6 Å². The maximum atomic E-state index is 13.5. The topological polar surface area (TPSA) is 125 Å². The molecule has 1 aliphatic rings. The number of hydrogen-bond acceptors (Lipinski definition) is 8. The first-order chi connectivity index (χ1) is 16.0. The molecule has 174 valence electrons. The molecule has 2 aromatic heterocycles. The van der Waals surface area contributed by atoms with Crippen molar-refractivity contribution in [1.29, 1.82) is 0 Å². The van der Waals surface area contributed by atoms with Crippen molar-refractivity contribution < 1.29 is 14.3 Å². The van der Waals surface area contributed by atoms with Crippen molar-refractivity contribution in [3.8, 4) is 0 Å². The SMILES string of the molecule is O=C(O)CCCNC1CCC(Nc2ncc3ncnc(Nc4ccc(F)c(Cl)c4)c3n2)CC1. The number of carbonyl (C=O) groups is 1. The van der Waals surface area contributed by atoms with E-state index in [9.17, 15) is 9.18 Å². The predicted octanol–water partition coefficient (Wildman–Crippen LogP) is 4.13. The van der Waals surface area contributed by atoms with Gasteiger partial charge in [-0.15, -0.1) is 0 Å². The number of aliphatic carboxylic acids is 1. The van der Waals surface area contributed by atoms with E-state index in [2.05, 4.69) is 35.9 Å². The van der Waals surface area contributed by atoms with E-state index < -0.39 is 11.8 Å². The zero-order chi connectivity index (χ0) is 23.2. The van der Waals surface area contributed by atoms with Crippen LogP contribution in [0.5, 0.6) is 0 Å². The van der Waals surface area contributed by atoms with E-state index in [1.165, 1.54) is 18.5 Å². The maximum Gasteiger partial charge on any atom is 0.303 e. The van der Waals surface area contributed by atoms with Gasteiger partial charge in [-0.25, -0.2) is 24.3 Å². The molecule has 1 aromatic carbocycles. The van der Waals surface area contributed by atoms with Gasteiger partial charge in [0, 0.05) is 24.2 Å². The van der Waals surface area contributed by atoms with Crippen molar-refractivity contribution in [1.82, 2.24) is 25.3 Å². The number of carboxylic acids is 1. The summed E-state index contributed by atoms with van der Waals surface area (Å²) in [5.41, 5.74) is 1.72. The summed E-state index contributed by atoms with van der Waals surface area (Å²) in [7, 11) is 0. The molecule has 4 N–H and O–H groups in total. The number of nitrogens with one attached hydrogen (secondary N) is 3. The molecule has 11 heteroatoms. The molecule has 9 nitrogen and oxygen atoms in total. The van der Waals surface area contributed by atoms with Crippen LogP contribution in [0.4, 0.5) is 21.8 Å². The Labute approximate surface area is 195 Å². The van der Waals surface area contributed by atoms with E-state index in [-0.39, 0.29) is 17.5 Å². The lowest BCUT2D eigenvalue weighted by Gasteiger charge is -2.29. The number of benzene rings is 1. The van der Waals surface area contributed by atoms with Crippen LogP contribution in [0.3, 0.4) is 0 Å². The molecule has 1 fully saturated rings. The molecule has 0 spiro atoms. The molecule has 1 aliphatic carbocycles. The predicted molar refractivity (Wildman–Crippen MR) is 124 cm³/mol. The van der Waals surface area contributed by atoms with E-state index in [0.717, 1.165) is 32.2 Å². The Hall–Kier alpha value is -3.11. The summed E-state index contributed by atoms with van der Waals surface area (Å²) in [4.78, 5) is 28.1. The minimum atomic E-state index is -0.759. The second-order valence-corrected chi connectivity index (χ2v) is 8.46. The van der Waals surface area contributed by atoms with Gasteiger partial charge in [-0.2, -0.15) is 0 Å². The highest BCUT2D eigenvalue weighted by Crippen LogP contribution is 2.26. The monoisotopic (exact) mass is 473 g/mol. The smallest absolute Gasteiger partial charge is 0.303 e. The molecule has 3 aromatic rings. The third-order valence-electron chi connectivity index (χ3n) is 5.62. The minimum Gasteiger partial charge on any atom is -0.481 e. The van der Waals surface area contributed by atoms with Gasteiger partial charge in [0.05, 0.1) is 11.2 Å². The number of anilines is 3. The highest BCUT2D eigenvalue weighted by molar-refractivity contribution is 6.31. The van der Waals surface area contributed by atoms with Crippen LogP contribution >= 0.6 is 11.6 Å². The number of nitrogens with zero attached hydrogens (tertiary/aromatic N) is 4. The van der Waals surface area contributed by atoms with Crippen molar-refractivity contribution in [2.75, 3.05) is 17.2 Å². The number of halogens is 2. The van der Waals surface area contributed by atoms with Crippen LogP contribution in [0.1, 0.15) is 38.5 Å². The van der Waals surface area contributed by atoms with Gasteiger partial charge in [-0.3, -0.25) is 4.79 Å². The number of aromatic nitrogens is 4. The Morgan fingerprint density at radius 3 is 2.70 bits per heavy atom. The van der Waals surface area contributed by atoms with Crippen LogP contribution in [0.25, 0.3) is 11.0 Å². The Balaban J connectivity index is 1.37. The lowest BCUT2D eigenvalue weighted by Crippen LogP contribution is -2.37. The first-order valence-corrected chi connectivity index (χ1v) is 11.3. The van der Waals surface area contributed by atoms with Gasteiger partial charge in [-0.05, 0) is 56.8 Å². The zero-order valence-corrected chi connectivity index (χ0v) is 18.6. The maximum absolute atomic E-state index is 13.5. The molecular weight excluding hydrogens is 449 g/mol. The van der Waals surface area contributed by atoms with E-state index in [0.29, 0.717) is 40.9 Å². The van der Waals surface area contributed by atoms with E-state index in [1.807, 2.05) is 0 Å². The van der Waals surface area contributed by atoms with Crippen molar-refractivity contribution >= 4 is 46.1 Å². The summed E-state index contributed by atoms with van der Waals surface area (Å²) >= 11 is 5.88. The average molecular weight is 474 g/mol. The second kappa shape index (κ2) is 10.7. The van der Waals surface area contributed by atoms with Gasteiger partial charge >= 0.3 is 5.97 Å². The van der Waals surface area contributed by atoms with Gasteiger partial charge < -0.3 is 21.1 Å². The fourth-order valence-electron chi connectivity index (χ4n) is 3.90. The lowest BCUT2D eigenvalue weighted by molar-refractivity contribution is -0.137. The third kappa shape index (κ3) is 6.23. The van der Waals surface area contributed by atoms with Gasteiger partial charge in [0.25, 0.3) is 0 Å². The Morgan fingerprint density at radius 1 is 1.15 bits per heavy atom. The van der Waals surface area contributed by atoms with Gasteiger partial charge in [-0.1, -0.05) is 11.6 Å². The first kappa shape index (κ1) is 23.1. The van der Waals surface area contributed by atoms with E-state index >= 15 is 0 Å². The van der Waals surface area contributed by atoms with Crippen LogP contribution in [-0.2, 0) is 4.79 Å². The first-order valence-electron chi connectivity index (χ1n) is 10.9. The third-order valence-corrected chi connectivity index (χ3v) is 5.91. The molecule has 0 atom stereocenters. The Kier molecular flexibility index (Phi) is 7.46. The number of hydrogen-bond donors (Lipinski definition) is 4. The van der Waals surface area contributed by atoms with Crippen molar-refractivity contribution in [3.63, 3.8) is 0 Å². The molecule has 0 aliphatic heterocycles. The molecule has 0 unspecified atom stereocenters. The number of carboxylic acid groups (broad SMARTS) is 1. The molecule has 2 heterocycles. The van der Waals surface area contributed by atoms with Crippen LogP contribution in [-0.4, -0.2) is 49.6 Å². The summed E-state index contributed by atoms with van der Waals surface area (Å²) in [5.74, 6) is -0.281. The number of fused-ring (bicyclic) bond motifs is 1. The average Bonchev–Trinajstić information content (AvgIpc) is 2.80. The fourth-order valence-corrected chi connectivity index (χ4v) is 4.08. The summed E-state index contributed by atoms with van der Waals surface area (Å²) in [6.07, 6.45) is 7.81. The quantitative estimate of drug-likeness (QED) is 0.339. The molecule has 0 radical (unpaired) electrons. The molecule has 0 amide bonds. The van der Waals surface area contributed by atoms with Crippen molar-refractivity contribution in [3.05, 3.63) is 41.6 Å². The standard InChI is InChI=1S/C22H25ClFN7O2/c23-16-10-15(7-8-17(16)24)29-21-20-18(27-12-28-21)11-26-22(31-20)30-14-5-3-13(4-6-14)25-9-1-2-19(32)33/h7-8,10-14,25H,1-6,9H2,(H,32,33)(H,26,30,31)(H,27,28,29). The molecule has 33 heavy (non-hydrogen) atoms.